The molecule has 1 atom stereocenters. The van der Waals surface area contributed by atoms with E-state index in [1.165, 1.54) is 0 Å². The summed E-state index contributed by atoms with van der Waals surface area (Å²) in [7, 11) is -2.93. The zero-order chi connectivity index (χ0) is 18.9. The third kappa shape index (κ3) is 4.82. The lowest BCUT2D eigenvalue weighted by atomic mass is 10.1. The minimum absolute atomic E-state index is 0.0312. The average Bonchev–Trinajstić information content (AvgIpc) is 3.10. The topological polar surface area (TPSA) is 71.0 Å². The molecule has 0 spiro atoms. The Balaban J connectivity index is 1.82. The summed E-state index contributed by atoms with van der Waals surface area (Å²) in [5.74, 6) is 1.64. The first-order chi connectivity index (χ1) is 12.2. The number of aromatic amines is 1. The van der Waals surface area contributed by atoms with Gasteiger partial charge in [0.15, 0.2) is 15.7 Å². The molecule has 1 saturated heterocycles. The van der Waals surface area contributed by atoms with Crippen LogP contribution in [0.5, 0.6) is 0 Å². The molecule has 26 heavy (non-hydrogen) atoms. The van der Waals surface area contributed by atoms with Crippen molar-refractivity contribution in [1.29, 1.82) is 0 Å². The molecule has 0 aliphatic carbocycles. The van der Waals surface area contributed by atoms with Crippen molar-refractivity contribution in [3.63, 3.8) is 0 Å². The molecule has 1 aliphatic rings. The van der Waals surface area contributed by atoms with Crippen LogP contribution in [0.2, 0.25) is 0 Å². The number of benzene rings is 1. The molecule has 2 aromatic rings. The molecule has 9 heteroatoms. The number of nitrogens with one attached hydrogen (secondary N) is 1. The second kappa shape index (κ2) is 7.92. The van der Waals surface area contributed by atoms with Crippen molar-refractivity contribution in [3.8, 4) is 11.4 Å². The smallest absolute Gasteiger partial charge is 0.217 e. The summed E-state index contributed by atoms with van der Waals surface area (Å²) < 4.78 is 27.1. The lowest BCUT2D eigenvalue weighted by Gasteiger charge is -2.29. The normalized spacial score (nSPS) is 19.5. The highest BCUT2D eigenvalue weighted by Gasteiger charge is 2.32. The number of hydrogen-bond donors (Lipinski definition) is 1. The number of hydrogen-bond acceptors (Lipinski definition) is 5. The summed E-state index contributed by atoms with van der Waals surface area (Å²) in [5.41, 5.74) is 0.955. The summed E-state index contributed by atoms with van der Waals surface area (Å²) in [6.07, 6.45) is 0.677. The van der Waals surface area contributed by atoms with Crippen LogP contribution in [0.4, 0.5) is 0 Å². The van der Waals surface area contributed by atoms with Crippen molar-refractivity contribution in [2.75, 3.05) is 18.1 Å². The third-order valence-corrected chi connectivity index (χ3v) is 7.04. The maximum absolute atomic E-state index is 11.9. The maximum atomic E-state index is 11.9. The van der Waals surface area contributed by atoms with E-state index in [1.54, 1.807) is 0 Å². The van der Waals surface area contributed by atoms with E-state index in [9.17, 15) is 8.42 Å². The number of aromatic nitrogens is 3. The molecular formula is C17H23BrN4O2S2. The van der Waals surface area contributed by atoms with Gasteiger partial charge < -0.3 is 0 Å². The van der Waals surface area contributed by atoms with Crippen molar-refractivity contribution in [3.05, 3.63) is 33.5 Å². The van der Waals surface area contributed by atoms with Gasteiger partial charge in [-0.3, -0.25) is 10.00 Å². The highest BCUT2D eigenvalue weighted by atomic mass is 79.9. The predicted molar refractivity (Wildman–Crippen MR) is 109 cm³/mol. The van der Waals surface area contributed by atoms with E-state index in [-0.39, 0.29) is 17.5 Å². The van der Waals surface area contributed by atoms with Crippen molar-refractivity contribution in [1.82, 2.24) is 19.7 Å². The minimum atomic E-state index is -2.93. The van der Waals surface area contributed by atoms with E-state index in [2.05, 4.69) is 44.8 Å². The van der Waals surface area contributed by atoms with E-state index in [0.29, 0.717) is 29.6 Å². The first kappa shape index (κ1) is 19.7. The van der Waals surface area contributed by atoms with Crippen LogP contribution in [-0.4, -0.2) is 52.2 Å². The van der Waals surface area contributed by atoms with Crippen molar-refractivity contribution in [2.45, 2.75) is 33.0 Å². The fraction of sp³-hybridized carbons (Fsp3) is 0.529. The molecule has 0 unspecified atom stereocenters. The Labute approximate surface area is 167 Å². The van der Waals surface area contributed by atoms with Gasteiger partial charge in [-0.2, -0.15) is 4.98 Å². The number of nitrogens with zero attached hydrogens (tertiary/aromatic N) is 3. The van der Waals surface area contributed by atoms with Gasteiger partial charge in [-0.25, -0.2) is 13.1 Å². The minimum Gasteiger partial charge on any atom is -0.280 e. The molecule has 3 rings (SSSR count). The molecule has 0 radical (unpaired) electrons. The second-order valence-electron chi connectivity index (χ2n) is 7.15. The van der Waals surface area contributed by atoms with Crippen LogP contribution in [0, 0.1) is 10.7 Å². The van der Waals surface area contributed by atoms with Gasteiger partial charge in [-0.1, -0.05) is 41.9 Å². The predicted octanol–water partition coefficient (Wildman–Crippen LogP) is 3.47. The van der Waals surface area contributed by atoms with Crippen LogP contribution in [-0.2, 0) is 16.5 Å². The van der Waals surface area contributed by atoms with Crippen molar-refractivity contribution >= 4 is 38.0 Å². The lowest BCUT2D eigenvalue weighted by Crippen LogP contribution is -2.40. The first-order valence-electron chi connectivity index (χ1n) is 8.61. The Kier molecular flexibility index (Phi) is 6.01. The Hall–Kier alpha value is -1.03. The highest BCUT2D eigenvalue weighted by molar-refractivity contribution is 9.10. The Morgan fingerprint density at radius 1 is 1.38 bits per heavy atom. The molecule has 0 bridgehead atoms. The fourth-order valence-corrected chi connectivity index (χ4v) is 5.45. The zero-order valence-corrected chi connectivity index (χ0v) is 18.1. The molecule has 0 amide bonds. The van der Waals surface area contributed by atoms with Gasteiger partial charge in [-0.15, -0.1) is 0 Å². The van der Waals surface area contributed by atoms with Crippen molar-refractivity contribution < 1.29 is 8.42 Å². The van der Waals surface area contributed by atoms with Gasteiger partial charge in [0.1, 0.15) is 0 Å². The molecule has 1 N–H and O–H groups in total. The van der Waals surface area contributed by atoms with Crippen LogP contribution in [0.1, 0.15) is 20.3 Å². The quantitative estimate of drug-likeness (QED) is 0.670. The number of sulfone groups is 1. The molecule has 142 valence electrons. The Bertz CT molecular complexity index is 919. The van der Waals surface area contributed by atoms with Crippen LogP contribution < -0.4 is 0 Å². The second-order valence-corrected chi connectivity index (χ2v) is 10.7. The maximum Gasteiger partial charge on any atom is 0.217 e. The monoisotopic (exact) mass is 458 g/mol. The van der Waals surface area contributed by atoms with Gasteiger partial charge in [0, 0.05) is 22.6 Å². The van der Waals surface area contributed by atoms with Crippen LogP contribution in [0.25, 0.3) is 11.4 Å². The first-order valence-corrected chi connectivity index (χ1v) is 11.6. The van der Waals surface area contributed by atoms with E-state index in [4.69, 9.17) is 12.2 Å². The van der Waals surface area contributed by atoms with Gasteiger partial charge in [0.25, 0.3) is 0 Å². The molecule has 1 aromatic heterocycles. The summed E-state index contributed by atoms with van der Waals surface area (Å²) in [4.78, 5) is 6.66. The molecule has 6 nitrogen and oxygen atoms in total. The lowest BCUT2D eigenvalue weighted by molar-refractivity contribution is 0.137. The Morgan fingerprint density at radius 3 is 2.65 bits per heavy atom. The zero-order valence-electron chi connectivity index (χ0n) is 14.9. The summed E-state index contributed by atoms with van der Waals surface area (Å²) >= 11 is 8.84. The van der Waals surface area contributed by atoms with Crippen LogP contribution >= 0.6 is 28.1 Å². The summed E-state index contributed by atoms with van der Waals surface area (Å²) in [6, 6.07) is 7.89. The van der Waals surface area contributed by atoms with E-state index < -0.39 is 9.84 Å². The van der Waals surface area contributed by atoms with Gasteiger partial charge in [0.2, 0.25) is 4.77 Å². The fourth-order valence-electron chi connectivity index (χ4n) is 3.23. The third-order valence-electron chi connectivity index (χ3n) is 4.44. The molecule has 2 heterocycles. The number of H-pyrrole nitrogens is 1. The van der Waals surface area contributed by atoms with Gasteiger partial charge >= 0.3 is 0 Å². The largest absolute Gasteiger partial charge is 0.280 e. The Morgan fingerprint density at radius 2 is 2.08 bits per heavy atom. The molecule has 1 aromatic carbocycles. The van der Waals surface area contributed by atoms with Crippen LogP contribution in [0.3, 0.4) is 0 Å². The average molecular weight is 459 g/mol. The van der Waals surface area contributed by atoms with E-state index >= 15 is 0 Å². The van der Waals surface area contributed by atoms with E-state index in [0.717, 1.165) is 16.6 Å². The van der Waals surface area contributed by atoms with Crippen LogP contribution in [0.15, 0.2) is 28.7 Å². The van der Waals surface area contributed by atoms with Gasteiger partial charge in [-0.05, 0) is 36.7 Å². The van der Waals surface area contributed by atoms with E-state index in [1.807, 2.05) is 28.9 Å². The number of halogens is 1. The highest BCUT2D eigenvalue weighted by Crippen LogP contribution is 2.21. The molecule has 1 fully saturated rings. The number of rotatable bonds is 6. The summed E-state index contributed by atoms with van der Waals surface area (Å²) in [5, 5.41) is 3.26. The van der Waals surface area contributed by atoms with Gasteiger partial charge in [0.05, 0.1) is 18.2 Å². The molecular weight excluding hydrogens is 436 g/mol. The molecule has 0 saturated carbocycles. The standard InChI is InChI=1S/C17H23BrN4O2S2/c1-12(2)9-21(15-7-8-26(23,24)10-15)11-22-17(25)19-16(20-22)13-3-5-14(18)6-4-13/h3-6,12,15H,7-11H2,1-2H3,(H,19,20,25)/t15-/m1/s1. The SMILES string of the molecule is CC(C)CN(Cn1[nH]c(-c2ccc(Br)cc2)nc1=S)[C@@H]1CCS(=O)(=O)C1. The summed E-state index contributed by atoms with van der Waals surface area (Å²) in [6.45, 7) is 5.60. The van der Waals surface area contributed by atoms with Crippen molar-refractivity contribution in [2.24, 2.45) is 5.92 Å². The molecule has 1 aliphatic heterocycles.